The van der Waals surface area contributed by atoms with Crippen molar-refractivity contribution in [1.82, 2.24) is 0 Å². The summed E-state index contributed by atoms with van der Waals surface area (Å²) in [6, 6.07) is 6.74. The highest BCUT2D eigenvalue weighted by Crippen LogP contribution is 2.38. The van der Waals surface area contributed by atoms with Gasteiger partial charge < -0.3 is 15.5 Å². The van der Waals surface area contributed by atoms with E-state index in [1.807, 2.05) is 0 Å². The molecule has 1 fully saturated rings. The number of aliphatic hydroxyl groups is 1. The third-order valence-corrected chi connectivity index (χ3v) is 2.71. The molecule has 3 N–H and O–H groups in total. The van der Waals surface area contributed by atoms with Crippen LogP contribution in [0.5, 0.6) is 0 Å². The Hall–Kier alpha value is -1.55. The van der Waals surface area contributed by atoms with Gasteiger partial charge in [-0.05, 0) is 25.0 Å². The van der Waals surface area contributed by atoms with Crippen molar-refractivity contribution in [2.45, 2.75) is 18.4 Å². The summed E-state index contributed by atoms with van der Waals surface area (Å²) >= 11 is 0. The Morgan fingerprint density at radius 2 is 2.07 bits per heavy atom. The van der Waals surface area contributed by atoms with E-state index >= 15 is 0 Å². The Morgan fingerprint density at radius 1 is 1.40 bits per heavy atom. The van der Waals surface area contributed by atoms with Crippen molar-refractivity contribution in [2.75, 3.05) is 11.9 Å². The molecule has 1 aromatic rings. The minimum absolute atomic E-state index is 0.0426. The summed E-state index contributed by atoms with van der Waals surface area (Å²) in [5, 5.41) is 21.2. The van der Waals surface area contributed by atoms with Crippen LogP contribution < -0.4 is 5.32 Å². The monoisotopic (exact) mass is 207 g/mol. The highest BCUT2D eigenvalue weighted by atomic mass is 16.4. The van der Waals surface area contributed by atoms with Crippen molar-refractivity contribution in [3.05, 3.63) is 29.8 Å². The maximum absolute atomic E-state index is 10.9. The lowest BCUT2D eigenvalue weighted by Crippen LogP contribution is -2.26. The number of anilines is 1. The van der Waals surface area contributed by atoms with Gasteiger partial charge in [-0.1, -0.05) is 12.1 Å². The highest BCUT2D eigenvalue weighted by Gasteiger charge is 2.42. The van der Waals surface area contributed by atoms with E-state index in [0.717, 1.165) is 12.8 Å². The molecule has 0 unspecified atom stereocenters. The molecule has 2 rings (SSSR count). The Balaban J connectivity index is 2.24. The van der Waals surface area contributed by atoms with Gasteiger partial charge in [0.05, 0.1) is 17.7 Å². The van der Waals surface area contributed by atoms with Gasteiger partial charge in [-0.2, -0.15) is 0 Å². The van der Waals surface area contributed by atoms with Crippen molar-refractivity contribution in [2.24, 2.45) is 0 Å². The van der Waals surface area contributed by atoms with Crippen molar-refractivity contribution in [3.63, 3.8) is 0 Å². The molecule has 1 aromatic carbocycles. The van der Waals surface area contributed by atoms with Crippen molar-refractivity contribution in [1.29, 1.82) is 0 Å². The molecule has 1 aliphatic carbocycles. The number of benzene rings is 1. The number of aromatic carboxylic acids is 1. The first-order valence-electron chi connectivity index (χ1n) is 4.88. The minimum atomic E-state index is -0.952. The van der Waals surface area contributed by atoms with E-state index in [2.05, 4.69) is 5.32 Å². The first-order valence-corrected chi connectivity index (χ1v) is 4.88. The Kier molecular flexibility index (Phi) is 2.36. The summed E-state index contributed by atoms with van der Waals surface area (Å²) in [5.41, 5.74) is 0.541. The summed E-state index contributed by atoms with van der Waals surface area (Å²) in [6.45, 7) is 0.0426. The van der Waals surface area contributed by atoms with Crippen LogP contribution in [-0.2, 0) is 0 Å². The number of carboxylic acids is 1. The lowest BCUT2D eigenvalue weighted by Gasteiger charge is -2.17. The molecular weight excluding hydrogens is 194 g/mol. The smallest absolute Gasteiger partial charge is 0.337 e. The molecule has 0 spiro atoms. The van der Waals surface area contributed by atoms with E-state index in [9.17, 15) is 4.79 Å². The second kappa shape index (κ2) is 3.55. The average Bonchev–Trinajstić information content (AvgIpc) is 2.99. The van der Waals surface area contributed by atoms with Gasteiger partial charge in [-0.3, -0.25) is 0 Å². The van der Waals surface area contributed by atoms with Gasteiger partial charge in [-0.15, -0.1) is 0 Å². The van der Waals surface area contributed by atoms with Crippen LogP contribution in [0.2, 0.25) is 0 Å². The molecule has 15 heavy (non-hydrogen) atoms. The summed E-state index contributed by atoms with van der Waals surface area (Å²) in [5.74, 6) is -0.952. The summed E-state index contributed by atoms with van der Waals surface area (Å²) < 4.78 is 0. The van der Waals surface area contributed by atoms with E-state index < -0.39 is 5.97 Å². The molecule has 0 bridgehead atoms. The lowest BCUT2D eigenvalue weighted by molar-refractivity contribution is 0.0698. The van der Waals surface area contributed by atoms with Crippen molar-refractivity contribution < 1.29 is 15.0 Å². The van der Waals surface area contributed by atoms with E-state index in [-0.39, 0.29) is 17.7 Å². The van der Waals surface area contributed by atoms with Crippen LogP contribution in [0.4, 0.5) is 5.69 Å². The molecular formula is C11H13NO3. The Bertz CT molecular complexity index is 385. The topological polar surface area (TPSA) is 69.6 Å². The zero-order valence-corrected chi connectivity index (χ0v) is 8.23. The van der Waals surface area contributed by atoms with Gasteiger partial charge in [0.2, 0.25) is 0 Å². The van der Waals surface area contributed by atoms with Crippen LogP contribution in [0.25, 0.3) is 0 Å². The second-order valence-corrected chi connectivity index (χ2v) is 3.91. The van der Waals surface area contributed by atoms with Gasteiger partial charge >= 0.3 is 5.97 Å². The van der Waals surface area contributed by atoms with Crippen LogP contribution in [-0.4, -0.2) is 28.3 Å². The first-order chi connectivity index (χ1) is 7.17. The maximum atomic E-state index is 10.9. The standard InChI is InChI=1S/C11H13NO3/c13-7-11(5-6-11)12-9-4-2-1-3-8(9)10(14)15/h1-4,12-13H,5-7H2,(H,14,15). The highest BCUT2D eigenvalue weighted by molar-refractivity contribution is 5.94. The molecule has 0 saturated heterocycles. The summed E-state index contributed by atoms with van der Waals surface area (Å²) in [6.07, 6.45) is 1.77. The molecule has 0 amide bonds. The van der Waals surface area contributed by atoms with Gasteiger partial charge in [0.15, 0.2) is 0 Å². The number of hydrogen-bond acceptors (Lipinski definition) is 3. The summed E-state index contributed by atoms with van der Waals surface area (Å²) in [7, 11) is 0. The number of hydrogen-bond donors (Lipinski definition) is 3. The molecule has 80 valence electrons. The van der Waals surface area contributed by atoms with E-state index in [4.69, 9.17) is 10.2 Å². The fraction of sp³-hybridized carbons (Fsp3) is 0.364. The predicted molar refractivity (Wildman–Crippen MR) is 56.1 cm³/mol. The molecule has 0 atom stereocenters. The number of para-hydroxylation sites is 1. The number of rotatable bonds is 4. The van der Waals surface area contributed by atoms with Crippen LogP contribution in [0.15, 0.2) is 24.3 Å². The fourth-order valence-corrected chi connectivity index (χ4v) is 1.54. The fourth-order valence-electron chi connectivity index (χ4n) is 1.54. The zero-order chi connectivity index (χ0) is 10.9. The van der Waals surface area contributed by atoms with Gasteiger partial charge in [0.1, 0.15) is 0 Å². The largest absolute Gasteiger partial charge is 0.478 e. The van der Waals surface area contributed by atoms with Crippen LogP contribution in [0, 0.1) is 0 Å². The third-order valence-electron chi connectivity index (χ3n) is 2.71. The number of aliphatic hydroxyl groups excluding tert-OH is 1. The number of nitrogens with one attached hydrogen (secondary N) is 1. The molecule has 0 heterocycles. The second-order valence-electron chi connectivity index (χ2n) is 3.91. The lowest BCUT2D eigenvalue weighted by atomic mass is 10.1. The predicted octanol–water partition coefficient (Wildman–Crippen LogP) is 1.32. The quantitative estimate of drug-likeness (QED) is 0.696. The Morgan fingerprint density at radius 3 is 2.60 bits per heavy atom. The zero-order valence-electron chi connectivity index (χ0n) is 8.23. The van der Waals surface area contributed by atoms with Gasteiger partial charge in [0.25, 0.3) is 0 Å². The van der Waals surface area contributed by atoms with E-state index in [0.29, 0.717) is 5.69 Å². The van der Waals surface area contributed by atoms with Crippen molar-refractivity contribution >= 4 is 11.7 Å². The Labute approximate surface area is 87.6 Å². The molecule has 0 aromatic heterocycles. The average molecular weight is 207 g/mol. The molecule has 0 radical (unpaired) electrons. The maximum Gasteiger partial charge on any atom is 0.337 e. The number of carboxylic acid groups (broad SMARTS) is 1. The van der Waals surface area contributed by atoms with E-state index in [1.54, 1.807) is 24.3 Å². The van der Waals surface area contributed by atoms with Gasteiger partial charge in [-0.25, -0.2) is 4.79 Å². The SMILES string of the molecule is O=C(O)c1ccccc1NC1(CO)CC1. The minimum Gasteiger partial charge on any atom is -0.478 e. The normalized spacial score (nSPS) is 17.1. The molecule has 4 heteroatoms. The van der Waals surface area contributed by atoms with Crippen LogP contribution in [0.1, 0.15) is 23.2 Å². The molecule has 1 saturated carbocycles. The molecule has 1 aliphatic rings. The summed E-state index contributed by atoms with van der Waals surface area (Å²) in [4.78, 5) is 10.9. The van der Waals surface area contributed by atoms with Crippen LogP contribution >= 0.6 is 0 Å². The van der Waals surface area contributed by atoms with E-state index in [1.165, 1.54) is 0 Å². The van der Waals surface area contributed by atoms with Crippen LogP contribution in [0.3, 0.4) is 0 Å². The third kappa shape index (κ3) is 1.94. The first kappa shape index (κ1) is 9.98. The van der Waals surface area contributed by atoms with Crippen molar-refractivity contribution in [3.8, 4) is 0 Å². The van der Waals surface area contributed by atoms with Gasteiger partial charge in [0, 0.05) is 5.69 Å². The molecule has 4 nitrogen and oxygen atoms in total. The molecule has 0 aliphatic heterocycles. The number of carbonyl (C=O) groups is 1.